The fourth-order valence-corrected chi connectivity index (χ4v) is 9.75. The Morgan fingerprint density at radius 3 is 1.48 bits per heavy atom. The number of anilines is 3. The molecule has 4 heteroatoms. The zero-order chi connectivity index (χ0) is 41.0. The van der Waals surface area contributed by atoms with Crippen LogP contribution in [0, 0.1) is 0 Å². The van der Waals surface area contributed by atoms with Crippen molar-refractivity contribution < 1.29 is 0 Å². The van der Waals surface area contributed by atoms with Crippen molar-refractivity contribution in [3.63, 3.8) is 0 Å². The lowest BCUT2D eigenvalue weighted by atomic mass is 9.66. The first-order valence-corrected chi connectivity index (χ1v) is 21.1. The highest BCUT2D eigenvalue weighted by molar-refractivity contribution is 5.96. The molecule has 0 radical (unpaired) electrons. The van der Waals surface area contributed by atoms with Crippen LogP contribution in [0.2, 0.25) is 0 Å². The summed E-state index contributed by atoms with van der Waals surface area (Å²) in [6, 6.07) is 80.0. The molecule has 4 nitrogen and oxygen atoms in total. The number of hydrogen-bond acceptors (Lipinski definition) is 4. The van der Waals surface area contributed by atoms with E-state index in [1.54, 1.807) is 0 Å². The molecular weight excluding hydrogens is 753 g/mol. The Labute approximate surface area is 361 Å². The summed E-state index contributed by atoms with van der Waals surface area (Å²) in [5, 5.41) is 0. The maximum atomic E-state index is 5.24. The highest BCUT2D eigenvalue weighted by Crippen LogP contribution is 2.63. The lowest BCUT2D eigenvalue weighted by molar-refractivity contribution is 0.725. The number of para-hydroxylation sites is 3. The molecule has 0 bridgehead atoms. The van der Waals surface area contributed by atoms with Gasteiger partial charge in [-0.05, 0) is 93.0 Å². The summed E-state index contributed by atoms with van der Waals surface area (Å²) in [5.74, 6) is 0.698. The number of aromatic nitrogens is 3. The van der Waals surface area contributed by atoms with Gasteiger partial charge in [0, 0.05) is 34.1 Å². The second kappa shape index (κ2) is 14.5. The minimum absolute atomic E-state index is 0.610. The average molecular weight is 791 g/mol. The van der Waals surface area contributed by atoms with Crippen LogP contribution in [0.15, 0.2) is 231 Å². The summed E-state index contributed by atoms with van der Waals surface area (Å²) in [4.78, 5) is 17.8. The summed E-state index contributed by atoms with van der Waals surface area (Å²) < 4.78 is 0. The van der Waals surface area contributed by atoms with Crippen LogP contribution >= 0.6 is 0 Å². The Morgan fingerprint density at radius 2 is 0.855 bits per heavy atom. The third-order valence-electron chi connectivity index (χ3n) is 12.5. The SMILES string of the molecule is c1ccc(-c2cc(-c3ccccc3)nc(-c3cccc(-c4ccc(-c5ccc6c(c5)C5(c7ccccc7N(c7ccccc7)c7ccccc75)c5ncccc5-6)cc4)c3)n2)cc1. The van der Waals surface area contributed by atoms with Gasteiger partial charge in [-0.1, -0.05) is 176 Å². The molecule has 62 heavy (non-hydrogen) atoms. The van der Waals surface area contributed by atoms with Crippen molar-refractivity contribution in [1.29, 1.82) is 0 Å². The Balaban J connectivity index is 0.950. The predicted octanol–water partition coefficient (Wildman–Crippen LogP) is 14.4. The van der Waals surface area contributed by atoms with Crippen LogP contribution in [0.3, 0.4) is 0 Å². The molecule has 1 aliphatic carbocycles. The molecule has 12 rings (SSSR count). The number of fused-ring (bicyclic) bond motifs is 9. The lowest BCUT2D eigenvalue weighted by Gasteiger charge is -2.44. The van der Waals surface area contributed by atoms with Gasteiger partial charge in [-0.3, -0.25) is 4.98 Å². The van der Waals surface area contributed by atoms with Crippen molar-refractivity contribution in [2.45, 2.75) is 5.41 Å². The van der Waals surface area contributed by atoms with E-state index >= 15 is 0 Å². The molecule has 0 fully saturated rings. The molecule has 290 valence electrons. The molecule has 8 aromatic carbocycles. The standard InChI is InChI=1S/C58H38N4/c1-4-16-41(17-5-1)52-38-53(42-18-6-2-7-19-42)61-57(60-52)45-21-14-20-43(36-45)39-29-31-40(32-30-39)44-33-34-47-48-24-15-35-59-56(48)58(51(47)37-44)49-25-10-12-27-54(49)62(46-22-8-3-9-23-46)55-28-13-11-26-50(55)58/h1-38H. The predicted molar refractivity (Wildman–Crippen MR) is 253 cm³/mol. The van der Waals surface area contributed by atoms with E-state index in [2.05, 4.69) is 193 Å². The summed E-state index contributed by atoms with van der Waals surface area (Å²) in [6.45, 7) is 0. The van der Waals surface area contributed by atoms with E-state index in [1.807, 2.05) is 42.6 Å². The van der Waals surface area contributed by atoms with Crippen LogP contribution in [0.1, 0.15) is 22.4 Å². The van der Waals surface area contributed by atoms with Crippen molar-refractivity contribution in [3.8, 4) is 67.3 Å². The van der Waals surface area contributed by atoms with Crippen LogP contribution in [-0.4, -0.2) is 15.0 Å². The Morgan fingerprint density at radius 1 is 0.339 bits per heavy atom. The van der Waals surface area contributed by atoms with Gasteiger partial charge in [-0.2, -0.15) is 0 Å². The van der Waals surface area contributed by atoms with Crippen molar-refractivity contribution in [2.75, 3.05) is 4.90 Å². The van der Waals surface area contributed by atoms with E-state index < -0.39 is 5.41 Å². The largest absolute Gasteiger partial charge is 0.310 e. The summed E-state index contributed by atoms with van der Waals surface area (Å²) in [6.07, 6.45) is 1.95. The third-order valence-corrected chi connectivity index (χ3v) is 12.5. The maximum Gasteiger partial charge on any atom is 0.160 e. The first kappa shape index (κ1) is 35.7. The molecule has 0 saturated heterocycles. The number of rotatable bonds is 6. The number of nitrogens with zero attached hydrogens (tertiary/aromatic N) is 4. The molecule has 0 saturated carbocycles. The average Bonchev–Trinajstić information content (AvgIpc) is 3.65. The number of pyridine rings is 1. The van der Waals surface area contributed by atoms with Crippen molar-refractivity contribution in [3.05, 3.63) is 253 Å². The zero-order valence-corrected chi connectivity index (χ0v) is 33.7. The minimum atomic E-state index is -0.610. The topological polar surface area (TPSA) is 41.9 Å². The van der Waals surface area contributed by atoms with Gasteiger partial charge in [-0.15, -0.1) is 0 Å². The Hall–Kier alpha value is -8.21. The van der Waals surface area contributed by atoms with Crippen LogP contribution in [0.5, 0.6) is 0 Å². The second-order valence-electron chi connectivity index (χ2n) is 16.0. The van der Waals surface area contributed by atoms with Crippen LogP contribution < -0.4 is 4.90 Å². The summed E-state index contributed by atoms with van der Waals surface area (Å²) >= 11 is 0. The van der Waals surface area contributed by atoms with Gasteiger partial charge in [-0.25, -0.2) is 9.97 Å². The highest BCUT2D eigenvalue weighted by Gasteiger charge is 2.52. The van der Waals surface area contributed by atoms with E-state index in [1.165, 1.54) is 27.8 Å². The van der Waals surface area contributed by atoms with E-state index in [4.69, 9.17) is 15.0 Å². The molecule has 0 unspecified atom stereocenters. The van der Waals surface area contributed by atoms with E-state index in [9.17, 15) is 0 Å². The normalized spacial score (nSPS) is 12.9. The Kier molecular flexibility index (Phi) is 8.36. The smallest absolute Gasteiger partial charge is 0.160 e. The van der Waals surface area contributed by atoms with Crippen LogP contribution in [0.25, 0.3) is 67.3 Å². The van der Waals surface area contributed by atoms with Crippen molar-refractivity contribution in [1.82, 2.24) is 15.0 Å². The van der Waals surface area contributed by atoms with E-state index in [-0.39, 0.29) is 0 Å². The van der Waals surface area contributed by atoms with Gasteiger partial charge >= 0.3 is 0 Å². The number of benzene rings is 8. The number of hydrogen-bond donors (Lipinski definition) is 0. The van der Waals surface area contributed by atoms with Crippen molar-refractivity contribution in [2.24, 2.45) is 0 Å². The van der Waals surface area contributed by atoms with Gasteiger partial charge in [0.15, 0.2) is 5.82 Å². The van der Waals surface area contributed by atoms with Crippen molar-refractivity contribution >= 4 is 17.1 Å². The molecule has 10 aromatic rings. The van der Waals surface area contributed by atoms with Gasteiger partial charge in [0.2, 0.25) is 0 Å². The quantitative estimate of drug-likeness (QED) is 0.168. The third kappa shape index (κ3) is 5.65. The molecular formula is C58H38N4. The summed E-state index contributed by atoms with van der Waals surface area (Å²) in [5.41, 5.74) is 19.4. The molecule has 2 aromatic heterocycles. The lowest BCUT2D eigenvalue weighted by Crippen LogP contribution is -2.36. The second-order valence-corrected chi connectivity index (χ2v) is 16.0. The molecule has 0 N–H and O–H groups in total. The molecule has 0 amide bonds. The summed E-state index contributed by atoms with van der Waals surface area (Å²) in [7, 11) is 0. The molecule has 3 heterocycles. The fraction of sp³-hybridized carbons (Fsp3) is 0.0172. The monoisotopic (exact) mass is 790 g/mol. The van der Waals surface area contributed by atoms with Gasteiger partial charge < -0.3 is 4.90 Å². The first-order chi connectivity index (χ1) is 30.7. The molecule has 1 spiro atoms. The molecule has 1 aliphatic heterocycles. The van der Waals surface area contributed by atoms with E-state index in [0.717, 1.165) is 73.1 Å². The van der Waals surface area contributed by atoms with Gasteiger partial charge in [0.05, 0.1) is 33.9 Å². The highest BCUT2D eigenvalue weighted by atomic mass is 15.2. The van der Waals surface area contributed by atoms with Gasteiger partial charge in [0.1, 0.15) is 0 Å². The fourth-order valence-electron chi connectivity index (χ4n) is 9.75. The van der Waals surface area contributed by atoms with E-state index in [0.29, 0.717) is 5.82 Å². The molecule has 2 aliphatic rings. The minimum Gasteiger partial charge on any atom is -0.310 e. The Bertz CT molecular complexity index is 3180. The zero-order valence-electron chi connectivity index (χ0n) is 33.7. The van der Waals surface area contributed by atoms with Gasteiger partial charge in [0.25, 0.3) is 0 Å². The maximum absolute atomic E-state index is 5.24. The van der Waals surface area contributed by atoms with Crippen LogP contribution in [0.4, 0.5) is 17.1 Å². The molecule has 0 atom stereocenters. The first-order valence-electron chi connectivity index (χ1n) is 21.1. The van der Waals surface area contributed by atoms with Crippen LogP contribution in [-0.2, 0) is 5.41 Å².